The number of anilines is 1. The number of amides is 1. The van der Waals surface area contributed by atoms with Gasteiger partial charge in [0.2, 0.25) is 21.9 Å². The smallest absolute Gasteiger partial charge is 0.243 e. The number of nitrogens with one attached hydrogen (secondary N) is 1. The van der Waals surface area contributed by atoms with Crippen LogP contribution in [0, 0.1) is 12.7 Å². The summed E-state index contributed by atoms with van der Waals surface area (Å²) in [6.07, 6.45) is 2.89. The standard InChI is InChI=1S/C30H31FN4O5S/c1-21-10-11-23(17-27(21)31)35-19-28(22-7-4-3-5-8-22)32-30(35)33-29(36)20-34(18-25-9-6-16-40-25)41(37,38)26-14-12-24(39-2)13-15-26/h3-5,7-8,10-15,17,19,25H,6,9,16,18,20H2,1-2H3,(H,32,33,36). The molecule has 0 radical (unpaired) electrons. The fourth-order valence-electron chi connectivity index (χ4n) is 4.63. The van der Waals surface area contributed by atoms with Gasteiger partial charge in [-0.1, -0.05) is 36.4 Å². The number of aryl methyl sites for hydroxylation is 1. The fraction of sp³-hybridized carbons (Fsp3) is 0.267. The highest BCUT2D eigenvalue weighted by Crippen LogP contribution is 2.26. The van der Waals surface area contributed by atoms with Crippen molar-refractivity contribution in [1.29, 1.82) is 0 Å². The van der Waals surface area contributed by atoms with E-state index in [2.05, 4.69) is 10.3 Å². The van der Waals surface area contributed by atoms with Gasteiger partial charge < -0.3 is 9.47 Å². The normalized spacial score (nSPS) is 15.3. The van der Waals surface area contributed by atoms with E-state index in [1.165, 1.54) is 25.3 Å². The minimum absolute atomic E-state index is 0.0225. The topological polar surface area (TPSA) is 103 Å². The second-order valence-corrected chi connectivity index (χ2v) is 11.7. The van der Waals surface area contributed by atoms with E-state index in [-0.39, 0.29) is 23.5 Å². The summed E-state index contributed by atoms with van der Waals surface area (Å²) in [6, 6.07) is 20.1. The number of carbonyl (C=O) groups excluding carboxylic acids is 1. The van der Waals surface area contributed by atoms with Crippen molar-refractivity contribution in [2.24, 2.45) is 0 Å². The van der Waals surface area contributed by atoms with Crippen molar-refractivity contribution in [3.05, 3.63) is 90.4 Å². The van der Waals surface area contributed by atoms with E-state index in [1.54, 1.807) is 42.0 Å². The zero-order valence-corrected chi connectivity index (χ0v) is 23.6. The monoisotopic (exact) mass is 578 g/mol. The van der Waals surface area contributed by atoms with Crippen molar-refractivity contribution in [2.45, 2.75) is 30.8 Å². The van der Waals surface area contributed by atoms with Crippen molar-refractivity contribution in [3.63, 3.8) is 0 Å². The van der Waals surface area contributed by atoms with Crippen LogP contribution in [0.1, 0.15) is 18.4 Å². The SMILES string of the molecule is COc1ccc(S(=O)(=O)N(CC(=O)Nc2nc(-c3ccccc3)cn2-c2ccc(C)c(F)c2)CC2CCCO2)cc1. The molecule has 9 nitrogen and oxygen atoms in total. The van der Waals surface area contributed by atoms with Crippen molar-refractivity contribution in [3.8, 4) is 22.7 Å². The van der Waals surface area contributed by atoms with Gasteiger partial charge in [-0.15, -0.1) is 0 Å². The van der Waals surface area contributed by atoms with Gasteiger partial charge in [-0.05, 0) is 61.7 Å². The van der Waals surface area contributed by atoms with Gasteiger partial charge in [-0.3, -0.25) is 14.7 Å². The Balaban J connectivity index is 1.45. The van der Waals surface area contributed by atoms with Gasteiger partial charge in [0.25, 0.3) is 0 Å². The summed E-state index contributed by atoms with van der Waals surface area (Å²) in [6.45, 7) is 1.76. The molecule has 1 N–H and O–H groups in total. The number of carbonyl (C=O) groups is 1. The molecule has 4 aromatic rings. The second kappa shape index (κ2) is 12.2. The van der Waals surface area contributed by atoms with Crippen LogP contribution in [0.5, 0.6) is 5.75 Å². The largest absolute Gasteiger partial charge is 0.497 e. The zero-order valence-electron chi connectivity index (χ0n) is 22.8. The van der Waals surface area contributed by atoms with Crippen LogP contribution in [0.15, 0.2) is 83.9 Å². The summed E-state index contributed by atoms with van der Waals surface area (Å²) in [5.41, 5.74) is 2.30. The fourth-order valence-corrected chi connectivity index (χ4v) is 6.06. The Bertz CT molecular complexity index is 1620. The summed E-state index contributed by atoms with van der Waals surface area (Å²) in [5, 5.41) is 2.75. The minimum atomic E-state index is -4.05. The molecule has 214 valence electrons. The number of hydrogen-bond acceptors (Lipinski definition) is 6. The Morgan fingerprint density at radius 1 is 1.15 bits per heavy atom. The van der Waals surface area contributed by atoms with Crippen molar-refractivity contribution in [1.82, 2.24) is 13.9 Å². The lowest BCUT2D eigenvalue weighted by Crippen LogP contribution is -2.42. The maximum absolute atomic E-state index is 14.5. The molecule has 2 heterocycles. The number of ether oxygens (including phenoxy) is 2. The highest BCUT2D eigenvalue weighted by atomic mass is 32.2. The molecule has 1 aromatic heterocycles. The number of aromatic nitrogens is 2. The molecule has 1 atom stereocenters. The van der Waals surface area contributed by atoms with Gasteiger partial charge in [-0.25, -0.2) is 17.8 Å². The summed E-state index contributed by atoms with van der Waals surface area (Å²) in [4.78, 5) is 18.1. The highest BCUT2D eigenvalue weighted by Gasteiger charge is 2.31. The Kier molecular flexibility index (Phi) is 8.48. The number of imidazole rings is 1. The van der Waals surface area contributed by atoms with E-state index in [4.69, 9.17) is 9.47 Å². The molecule has 1 aliphatic rings. The predicted molar refractivity (Wildman–Crippen MR) is 153 cm³/mol. The number of benzene rings is 3. The van der Waals surface area contributed by atoms with Crippen LogP contribution in [0.2, 0.25) is 0 Å². The molecule has 1 unspecified atom stereocenters. The third-order valence-corrected chi connectivity index (χ3v) is 8.73. The lowest BCUT2D eigenvalue weighted by atomic mass is 10.2. The molecule has 5 rings (SSSR count). The Hall–Kier alpha value is -4.06. The van der Waals surface area contributed by atoms with Gasteiger partial charge in [0.15, 0.2) is 0 Å². The summed E-state index contributed by atoms with van der Waals surface area (Å²) < 4.78 is 55.3. The third kappa shape index (κ3) is 6.48. The summed E-state index contributed by atoms with van der Waals surface area (Å²) in [5.74, 6) is -0.348. The summed E-state index contributed by atoms with van der Waals surface area (Å²) >= 11 is 0. The van der Waals surface area contributed by atoms with Crippen LogP contribution in [0.4, 0.5) is 10.3 Å². The molecule has 1 amide bonds. The van der Waals surface area contributed by atoms with Crippen molar-refractivity contribution in [2.75, 3.05) is 32.1 Å². The van der Waals surface area contributed by atoms with Crippen LogP contribution >= 0.6 is 0 Å². The highest BCUT2D eigenvalue weighted by molar-refractivity contribution is 7.89. The maximum atomic E-state index is 14.5. The van der Waals surface area contributed by atoms with Crippen LogP contribution < -0.4 is 10.1 Å². The van der Waals surface area contributed by atoms with E-state index in [9.17, 15) is 17.6 Å². The average Bonchev–Trinajstić information content (AvgIpc) is 3.65. The lowest BCUT2D eigenvalue weighted by Gasteiger charge is -2.24. The first-order chi connectivity index (χ1) is 19.7. The van der Waals surface area contributed by atoms with Crippen LogP contribution in [-0.4, -0.2) is 61.1 Å². The quantitative estimate of drug-likeness (QED) is 0.290. The Morgan fingerprint density at radius 2 is 1.90 bits per heavy atom. The molecule has 0 saturated carbocycles. The van der Waals surface area contributed by atoms with Gasteiger partial charge >= 0.3 is 0 Å². The number of sulfonamides is 1. The Morgan fingerprint density at radius 3 is 2.56 bits per heavy atom. The molecule has 0 spiro atoms. The molecule has 41 heavy (non-hydrogen) atoms. The number of nitrogens with zero attached hydrogens (tertiary/aromatic N) is 3. The molecule has 0 bridgehead atoms. The molecule has 3 aromatic carbocycles. The van der Waals surface area contributed by atoms with Gasteiger partial charge in [0.1, 0.15) is 11.6 Å². The maximum Gasteiger partial charge on any atom is 0.243 e. The molecule has 1 aliphatic heterocycles. The van der Waals surface area contributed by atoms with Gasteiger partial charge in [0, 0.05) is 24.9 Å². The van der Waals surface area contributed by atoms with E-state index < -0.39 is 28.3 Å². The Labute approximate surface area is 238 Å². The van der Waals surface area contributed by atoms with Gasteiger partial charge in [-0.2, -0.15) is 4.31 Å². The second-order valence-electron chi connectivity index (χ2n) is 9.78. The molecule has 11 heteroatoms. The van der Waals surface area contributed by atoms with E-state index in [1.807, 2.05) is 30.3 Å². The summed E-state index contributed by atoms with van der Waals surface area (Å²) in [7, 11) is -2.56. The zero-order chi connectivity index (χ0) is 29.0. The van der Waals surface area contributed by atoms with Gasteiger partial charge in [0.05, 0.1) is 36.0 Å². The predicted octanol–water partition coefficient (Wildman–Crippen LogP) is 4.80. The van der Waals surface area contributed by atoms with Crippen molar-refractivity contribution < 1.29 is 27.1 Å². The number of hydrogen-bond donors (Lipinski definition) is 1. The minimum Gasteiger partial charge on any atom is -0.497 e. The van der Waals surface area contributed by atoms with E-state index >= 15 is 0 Å². The first kappa shape index (κ1) is 28.5. The first-order valence-electron chi connectivity index (χ1n) is 13.2. The van der Waals surface area contributed by atoms with E-state index in [0.717, 1.165) is 16.3 Å². The van der Waals surface area contributed by atoms with Crippen molar-refractivity contribution >= 4 is 21.9 Å². The number of methoxy groups -OCH3 is 1. The van der Waals surface area contributed by atoms with Crippen LogP contribution in [0.3, 0.4) is 0 Å². The first-order valence-corrected chi connectivity index (χ1v) is 14.7. The molecular formula is C30H31FN4O5S. The number of halogens is 1. The number of rotatable bonds is 10. The average molecular weight is 579 g/mol. The molecule has 1 saturated heterocycles. The lowest BCUT2D eigenvalue weighted by molar-refractivity contribution is -0.116. The van der Waals surface area contributed by atoms with Crippen LogP contribution in [-0.2, 0) is 19.6 Å². The van der Waals surface area contributed by atoms with Crippen LogP contribution in [0.25, 0.3) is 16.9 Å². The molecular weight excluding hydrogens is 547 g/mol. The molecule has 0 aliphatic carbocycles. The third-order valence-electron chi connectivity index (χ3n) is 6.91. The van der Waals surface area contributed by atoms with E-state index in [0.29, 0.717) is 35.7 Å². The molecule has 1 fully saturated rings.